The van der Waals surface area contributed by atoms with Crippen LogP contribution in [0, 0.1) is 0 Å². The molecule has 0 radical (unpaired) electrons. The molecular formula is C10H22MoO2P+. The van der Waals surface area contributed by atoms with E-state index in [1.807, 2.05) is 0 Å². The minimum Gasteiger partial charge on any atom is -0.161 e. The van der Waals surface area contributed by atoms with E-state index in [0.717, 1.165) is 12.8 Å². The third kappa shape index (κ3) is 15.2. The van der Waals surface area contributed by atoms with Crippen molar-refractivity contribution in [2.45, 2.75) is 58.3 Å². The molecule has 0 rings (SSSR count). The SMILES string of the molecule is CCCCCCCCCC[P+](=O)O.[Mo]. The maximum absolute atomic E-state index is 10.3. The van der Waals surface area contributed by atoms with Crippen LogP contribution < -0.4 is 0 Å². The third-order valence-corrected chi connectivity index (χ3v) is 2.90. The maximum Gasteiger partial charge on any atom is 0.505 e. The zero-order valence-corrected chi connectivity index (χ0v) is 12.0. The molecule has 1 atom stereocenters. The van der Waals surface area contributed by atoms with E-state index in [0.29, 0.717) is 6.16 Å². The average molecular weight is 301 g/mol. The Kier molecular flexibility index (Phi) is 16.8. The molecule has 84 valence electrons. The first-order chi connectivity index (χ1) is 6.27. The van der Waals surface area contributed by atoms with Crippen LogP contribution in [0.2, 0.25) is 0 Å². The first kappa shape index (κ1) is 17.2. The van der Waals surface area contributed by atoms with Gasteiger partial charge in [-0.25, -0.2) is 0 Å². The topological polar surface area (TPSA) is 37.3 Å². The average Bonchev–Trinajstić information content (AvgIpc) is 2.09. The Morgan fingerprint density at radius 3 is 1.79 bits per heavy atom. The Labute approximate surface area is 103 Å². The van der Waals surface area contributed by atoms with Gasteiger partial charge in [-0.2, -0.15) is 4.89 Å². The van der Waals surface area contributed by atoms with Gasteiger partial charge >= 0.3 is 8.03 Å². The molecule has 1 N–H and O–H groups in total. The molecule has 4 heteroatoms. The summed E-state index contributed by atoms with van der Waals surface area (Å²) in [7, 11) is -1.88. The summed E-state index contributed by atoms with van der Waals surface area (Å²) in [5, 5.41) is 0. The van der Waals surface area contributed by atoms with Crippen LogP contribution in [0.4, 0.5) is 0 Å². The van der Waals surface area contributed by atoms with E-state index < -0.39 is 8.03 Å². The molecule has 0 saturated carbocycles. The van der Waals surface area contributed by atoms with Crippen molar-refractivity contribution in [2.24, 2.45) is 0 Å². The summed E-state index contributed by atoms with van der Waals surface area (Å²) in [6.07, 6.45) is 10.4. The van der Waals surface area contributed by atoms with Gasteiger partial charge in [-0.3, -0.25) is 0 Å². The van der Waals surface area contributed by atoms with Crippen molar-refractivity contribution in [3.8, 4) is 0 Å². The van der Waals surface area contributed by atoms with Gasteiger partial charge in [0.2, 0.25) is 0 Å². The van der Waals surface area contributed by atoms with Crippen molar-refractivity contribution in [2.75, 3.05) is 6.16 Å². The summed E-state index contributed by atoms with van der Waals surface area (Å²) in [4.78, 5) is 8.53. The number of hydrogen-bond acceptors (Lipinski definition) is 1. The van der Waals surface area contributed by atoms with Crippen LogP contribution in [0.15, 0.2) is 0 Å². The van der Waals surface area contributed by atoms with Crippen molar-refractivity contribution in [1.29, 1.82) is 0 Å². The fourth-order valence-electron chi connectivity index (χ4n) is 1.38. The fourth-order valence-corrected chi connectivity index (χ4v) is 1.88. The molecule has 0 bridgehead atoms. The van der Waals surface area contributed by atoms with Crippen molar-refractivity contribution >= 4 is 8.03 Å². The molecule has 0 aromatic heterocycles. The van der Waals surface area contributed by atoms with Crippen molar-refractivity contribution in [1.82, 2.24) is 0 Å². The summed E-state index contributed by atoms with van der Waals surface area (Å²) in [6.45, 7) is 2.22. The normalized spacial score (nSPS) is 10.9. The molecule has 0 aromatic rings. The Morgan fingerprint density at radius 2 is 1.36 bits per heavy atom. The second kappa shape index (κ2) is 13.7. The predicted molar refractivity (Wildman–Crippen MR) is 57.3 cm³/mol. The minimum absolute atomic E-state index is 0. The first-order valence-corrected chi connectivity index (χ1v) is 6.80. The van der Waals surface area contributed by atoms with Gasteiger partial charge in [-0.1, -0.05) is 45.4 Å². The largest absolute Gasteiger partial charge is 0.505 e. The number of unbranched alkanes of at least 4 members (excludes halogenated alkanes) is 7. The Hall–Kier alpha value is 0.748. The van der Waals surface area contributed by atoms with Gasteiger partial charge in [0, 0.05) is 21.1 Å². The molecule has 0 saturated heterocycles. The minimum atomic E-state index is -1.88. The fraction of sp³-hybridized carbons (Fsp3) is 1.00. The molecule has 0 aliphatic carbocycles. The second-order valence-electron chi connectivity index (χ2n) is 3.55. The van der Waals surface area contributed by atoms with Crippen molar-refractivity contribution in [3.05, 3.63) is 0 Å². The van der Waals surface area contributed by atoms with Crippen LogP contribution in [0.5, 0.6) is 0 Å². The molecule has 2 nitrogen and oxygen atoms in total. The number of rotatable bonds is 9. The molecule has 0 fully saturated rings. The Bertz CT molecular complexity index is 131. The third-order valence-electron chi connectivity index (χ3n) is 2.20. The summed E-state index contributed by atoms with van der Waals surface area (Å²) < 4.78 is 10.3. The molecular weight excluding hydrogens is 279 g/mol. The van der Waals surface area contributed by atoms with Gasteiger partial charge in [0.05, 0.1) is 0 Å². The zero-order chi connectivity index (χ0) is 9.94. The zero-order valence-electron chi connectivity index (χ0n) is 9.07. The molecule has 0 aliphatic rings. The molecule has 0 amide bonds. The molecule has 0 aromatic carbocycles. The molecule has 1 unspecified atom stereocenters. The standard InChI is InChI=1S/C10H21O2P.Mo/c1-2-3-4-5-6-7-8-9-10-13(11)12;/h2-10H2,1H3;/p+1. The van der Waals surface area contributed by atoms with Crippen LogP contribution in [0.25, 0.3) is 0 Å². The van der Waals surface area contributed by atoms with Crippen LogP contribution in [0.3, 0.4) is 0 Å². The summed E-state index contributed by atoms with van der Waals surface area (Å²) in [5.41, 5.74) is 0. The van der Waals surface area contributed by atoms with Crippen LogP contribution >= 0.6 is 8.03 Å². The van der Waals surface area contributed by atoms with Gasteiger partial charge in [-0.15, -0.1) is 0 Å². The second-order valence-corrected chi connectivity index (χ2v) is 4.70. The van der Waals surface area contributed by atoms with E-state index in [2.05, 4.69) is 6.92 Å². The van der Waals surface area contributed by atoms with Crippen LogP contribution in [-0.4, -0.2) is 11.1 Å². The predicted octanol–water partition coefficient (Wildman–Crippen LogP) is 3.86. The van der Waals surface area contributed by atoms with E-state index in [9.17, 15) is 4.57 Å². The van der Waals surface area contributed by atoms with Gasteiger partial charge in [-0.05, 0) is 17.4 Å². The molecule has 0 heterocycles. The van der Waals surface area contributed by atoms with Crippen molar-refractivity contribution in [3.63, 3.8) is 0 Å². The van der Waals surface area contributed by atoms with E-state index in [-0.39, 0.29) is 21.1 Å². The summed E-state index contributed by atoms with van der Waals surface area (Å²) in [5.74, 6) is 0. The molecule has 0 spiro atoms. The quantitative estimate of drug-likeness (QED) is 0.399. The van der Waals surface area contributed by atoms with Crippen LogP contribution in [0.1, 0.15) is 58.3 Å². The first-order valence-electron chi connectivity index (χ1n) is 5.41. The van der Waals surface area contributed by atoms with Gasteiger partial charge < -0.3 is 0 Å². The maximum atomic E-state index is 10.3. The van der Waals surface area contributed by atoms with Gasteiger partial charge in [0.15, 0.2) is 6.16 Å². The molecule has 14 heavy (non-hydrogen) atoms. The monoisotopic (exact) mass is 303 g/mol. The van der Waals surface area contributed by atoms with E-state index in [4.69, 9.17) is 4.89 Å². The summed E-state index contributed by atoms with van der Waals surface area (Å²) in [6, 6.07) is 0. The Balaban J connectivity index is 0. The van der Waals surface area contributed by atoms with Gasteiger partial charge in [0.1, 0.15) is 0 Å². The smallest absolute Gasteiger partial charge is 0.161 e. The van der Waals surface area contributed by atoms with E-state index >= 15 is 0 Å². The van der Waals surface area contributed by atoms with E-state index in [1.165, 1.54) is 38.5 Å². The number of hydrogen-bond donors (Lipinski definition) is 1. The molecule has 0 aliphatic heterocycles. The van der Waals surface area contributed by atoms with Crippen LogP contribution in [-0.2, 0) is 25.6 Å². The van der Waals surface area contributed by atoms with Crippen molar-refractivity contribution < 1.29 is 30.5 Å². The summed E-state index contributed by atoms with van der Waals surface area (Å²) >= 11 is 0. The Morgan fingerprint density at radius 1 is 0.929 bits per heavy atom. The van der Waals surface area contributed by atoms with E-state index in [1.54, 1.807) is 0 Å². The van der Waals surface area contributed by atoms with Gasteiger partial charge in [0.25, 0.3) is 0 Å².